The van der Waals surface area contributed by atoms with Crippen molar-refractivity contribution in [1.29, 1.82) is 0 Å². The van der Waals surface area contributed by atoms with Crippen molar-refractivity contribution in [3.63, 3.8) is 0 Å². The van der Waals surface area contributed by atoms with E-state index in [1.165, 1.54) is 4.90 Å². The standard InChI is InChI=1S/C13H16N2O3/c1-14-11(7-13(17)18)8-15(9-12(14)16)10-5-3-2-4-6-10/h2-6,11H,7-9H2,1H3,(H,17,18). The first-order valence-electron chi connectivity index (χ1n) is 5.85. The molecule has 0 radical (unpaired) electrons. The molecule has 0 bridgehead atoms. The summed E-state index contributed by atoms with van der Waals surface area (Å²) in [5.41, 5.74) is 0.953. The predicted octanol–water partition coefficient (Wildman–Crippen LogP) is 0.808. The molecule has 0 saturated carbocycles. The van der Waals surface area contributed by atoms with Gasteiger partial charge in [-0.1, -0.05) is 18.2 Å². The Morgan fingerprint density at radius 3 is 2.67 bits per heavy atom. The molecule has 18 heavy (non-hydrogen) atoms. The van der Waals surface area contributed by atoms with E-state index in [-0.39, 0.29) is 18.4 Å². The van der Waals surface area contributed by atoms with Crippen LogP contribution >= 0.6 is 0 Å². The molecule has 1 aliphatic heterocycles. The van der Waals surface area contributed by atoms with Crippen LogP contribution in [-0.4, -0.2) is 48.1 Å². The van der Waals surface area contributed by atoms with Gasteiger partial charge in [-0.05, 0) is 12.1 Å². The van der Waals surface area contributed by atoms with Crippen LogP contribution in [0.1, 0.15) is 6.42 Å². The van der Waals surface area contributed by atoms with Gasteiger partial charge in [0.05, 0.1) is 19.0 Å². The fourth-order valence-corrected chi connectivity index (χ4v) is 2.16. The lowest BCUT2D eigenvalue weighted by molar-refractivity contribution is -0.140. The maximum atomic E-state index is 11.9. The molecular formula is C13H16N2O3. The van der Waals surface area contributed by atoms with E-state index < -0.39 is 5.97 Å². The van der Waals surface area contributed by atoms with Crippen LogP contribution in [0.5, 0.6) is 0 Å². The van der Waals surface area contributed by atoms with Gasteiger partial charge in [0.15, 0.2) is 0 Å². The number of hydrogen-bond donors (Lipinski definition) is 1. The van der Waals surface area contributed by atoms with E-state index in [2.05, 4.69) is 0 Å². The number of aliphatic carboxylic acids is 1. The minimum absolute atomic E-state index is 0.0222. The number of carbonyl (C=O) groups is 2. The summed E-state index contributed by atoms with van der Waals surface area (Å²) in [5.74, 6) is -0.925. The summed E-state index contributed by atoms with van der Waals surface area (Å²) in [7, 11) is 1.66. The lowest BCUT2D eigenvalue weighted by Crippen LogP contribution is -2.55. The van der Waals surface area contributed by atoms with Crippen molar-refractivity contribution in [2.24, 2.45) is 0 Å². The van der Waals surface area contributed by atoms with Gasteiger partial charge in [0.1, 0.15) is 0 Å². The molecule has 1 aromatic rings. The monoisotopic (exact) mass is 248 g/mol. The Kier molecular flexibility index (Phi) is 3.50. The largest absolute Gasteiger partial charge is 0.481 e. The fourth-order valence-electron chi connectivity index (χ4n) is 2.16. The average molecular weight is 248 g/mol. The third-order valence-corrected chi connectivity index (χ3v) is 3.23. The van der Waals surface area contributed by atoms with Gasteiger partial charge in [-0.15, -0.1) is 0 Å². The number of likely N-dealkylation sites (N-methyl/N-ethyl adjacent to an activating group) is 1. The maximum absolute atomic E-state index is 11.9. The first-order valence-corrected chi connectivity index (χ1v) is 5.85. The van der Waals surface area contributed by atoms with Gasteiger partial charge in [0, 0.05) is 19.3 Å². The number of piperazine rings is 1. The van der Waals surface area contributed by atoms with E-state index in [1.807, 2.05) is 35.2 Å². The number of anilines is 1. The molecule has 1 unspecified atom stereocenters. The number of hydrogen-bond acceptors (Lipinski definition) is 3. The van der Waals surface area contributed by atoms with E-state index in [0.717, 1.165) is 5.69 Å². The number of rotatable bonds is 3. The highest BCUT2D eigenvalue weighted by atomic mass is 16.4. The highest BCUT2D eigenvalue weighted by Gasteiger charge is 2.31. The Morgan fingerprint density at radius 1 is 1.39 bits per heavy atom. The van der Waals surface area contributed by atoms with Crippen LogP contribution < -0.4 is 4.90 Å². The number of para-hydroxylation sites is 1. The van der Waals surface area contributed by atoms with Crippen molar-refractivity contribution in [3.8, 4) is 0 Å². The minimum atomic E-state index is -0.880. The molecule has 0 spiro atoms. The third kappa shape index (κ3) is 2.61. The van der Waals surface area contributed by atoms with Gasteiger partial charge >= 0.3 is 5.97 Å². The lowest BCUT2D eigenvalue weighted by atomic mass is 10.1. The summed E-state index contributed by atoms with van der Waals surface area (Å²) in [6.07, 6.45) is -0.0222. The fraction of sp³-hybridized carbons (Fsp3) is 0.385. The number of benzene rings is 1. The van der Waals surface area contributed by atoms with Crippen molar-refractivity contribution in [3.05, 3.63) is 30.3 Å². The highest BCUT2D eigenvalue weighted by molar-refractivity contribution is 5.84. The molecule has 2 rings (SSSR count). The minimum Gasteiger partial charge on any atom is -0.481 e. The van der Waals surface area contributed by atoms with Crippen molar-refractivity contribution < 1.29 is 14.7 Å². The summed E-state index contributed by atoms with van der Waals surface area (Å²) in [6, 6.07) is 9.31. The summed E-state index contributed by atoms with van der Waals surface area (Å²) in [4.78, 5) is 26.1. The van der Waals surface area contributed by atoms with E-state index in [1.54, 1.807) is 7.05 Å². The molecule has 96 valence electrons. The van der Waals surface area contributed by atoms with Gasteiger partial charge in [-0.25, -0.2) is 0 Å². The van der Waals surface area contributed by atoms with Crippen LogP contribution in [0.3, 0.4) is 0 Å². The highest BCUT2D eigenvalue weighted by Crippen LogP contribution is 2.19. The second-order valence-corrected chi connectivity index (χ2v) is 4.47. The van der Waals surface area contributed by atoms with Crippen molar-refractivity contribution in [2.45, 2.75) is 12.5 Å². The van der Waals surface area contributed by atoms with Crippen molar-refractivity contribution >= 4 is 17.6 Å². The Labute approximate surface area is 106 Å². The normalized spacial score (nSPS) is 20.1. The third-order valence-electron chi connectivity index (χ3n) is 3.23. The predicted molar refractivity (Wildman–Crippen MR) is 67.5 cm³/mol. The van der Waals surface area contributed by atoms with Gasteiger partial charge < -0.3 is 14.9 Å². The Balaban J connectivity index is 2.15. The van der Waals surface area contributed by atoms with Gasteiger partial charge in [0.2, 0.25) is 5.91 Å². The van der Waals surface area contributed by atoms with E-state index in [0.29, 0.717) is 13.1 Å². The Bertz CT molecular complexity index is 447. The topological polar surface area (TPSA) is 60.9 Å². The smallest absolute Gasteiger partial charge is 0.305 e. The average Bonchev–Trinajstić information content (AvgIpc) is 2.35. The summed E-state index contributed by atoms with van der Waals surface area (Å²) in [6.45, 7) is 0.856. The van der Waals surface area contributed by atoms with Crippen molar-refractivity contribution in [1.82, 2.24) is 4.90 Å². The molecule has 5 heteroatoms. The first-order chi connectivity index (χ1) is 8.58. The van der Waals surface area contributed by atoms with E-state index in [4.69, 9.17) is 5.11 Å². The molecule has 0 aromatic heterocycles. The SMILES string of the molecule is CN1C(=O)CN(c2ccccc2)CC1CC(=O)O. The molecule has 1 aliphatic rings. The van der Waals surface area contributed by atoms with E-state index >= 15 is 0 Å². The summed E-state index contributed by atoms with van der Waals surface area (Å²) >= 11 is 0. The molecule has 1 N–H and O–H groups in total. The number of amides is 1. The second-order valence-electron chi connectivity index (χ2n) is 4.47. The number of nitrogens with zero attached hydrogens (tertiary/aromatic N) is 2. The number of carboxylic acids is 1. The molecule has 5 nitrogen and oxygen atoms in total. The molecule has 1 aromatic carbocycles. The van der Waals surface area contributed by atoms with Gasteiger partial charge in [-0.2, -0.15) is 0 Å². The quantitative estimate of drug-likeness (QED) is 0.860. The zero-order valence-corrected chi connectivity index (χ0v) is 10.2. The van der Waals surface area contributed by atoms with Crippen molar-refractivity contribution in [2.75, 3.05) is 25.0 Å². The molecule has 1 heterocycles. The van der Waals surface area contributed by atoms with Crippen LogP contribution in [0.2, 0.25) is 0 Å². The molecule has 1 atom stereocenters. The van der Waals surface area contributed by atoms with Crippen LogP contribution in [0.15, 0.2) is 30.3 Å². The molecule has 1 saturated heterocycles. The van der Waals surface area contributed by atoms with Crippen LogP contribution in [0, 0.1) is 0 Å². The van der Waals surface area contributed by atoms with Crippen LogP contribution in [0.4, 0.5) is 5.69 Å². The summed E-state index contributed by atoms with van der Waals surface area (Å²) in [5, 5.41) is 8.87. The van der Waals surface area contributed by atoms with Gasteiger partial charge in [0.25, 0.3) is 0 Å². The molecular weight excluding hydrogens is 232 g/mol. The van der Waals surface area contributed by atoms with Crippen LogP contribution in [0.25, 0.3) is 0 Å². The number of carboxylic acid groups (broad SMARTS) is 1. The molecule has 1 amide bonds. The Hall–Kier alpha value is -2.04. The maximum Gasteiger partial charge on any atom is 0.305 e. The molecule has 0 aliphatic carbocycles. The zero-order chi connectivity index (χ0) is 13.1. The number of carbonyl (C=O) groups excluding carboxylic acids is 1. The molecule has 1 fully saturated rings. The summed E-state index contributed by atoms with van der Waals surface area (Å²) < 4.78 is 0. The lowest BCUT2D eigenvalue weighted by Gasteiger charge is -2.39. The van der Waals surface area contributed by atoms with Crippen LogP contribution in [-0.2, 0) is 9.59 Å². The zero-order valence-electron chi connectivity index (χ0n) is 10.2. The Morgan fingerprint density at radius 2 is 2.06 bits per heavy atom. The van der Waals surface area contributed by atoms with Gasteiger partial charge in [-0.3, -0.25) is 9.59 Å². The first kappa shape index (κ1) is 12.4. The van der Waals surface area contributed by atoms with E-state index in [9.17, 15) is 9.59 Å². The second kappa shape index (κ2) is 5.08.